The molecule has 0 aliphatic rings. The van der Waals surface area contributed by atoms with E-state index in [1.807, 2.05) is 13.8 Å². The number of hydrogen-bond acceptors (Lipinski definition) is 4. The van der Waals surface area contributed by atoms with Crippen molar-refractivity contribution >= 4 is 5.78 Å². The van der Waals surface area contributed by atoms with Gasteiger partial charge in [0.2, 0.25) is 0 Å². The van der Waals surface area contributed by atoms with E-state index in [0.29, 0.717) is 25.9 Å². The predicted molar refractivity (Wildman–Crippen MR) is 64.6 cm³/mol. The number of ether oxygens (including phenoxy) is 2. The maximum absolute atomic E-state index is 11.2. The Kier molecular flexibility index (Phi) is 9.48. The molecule has 4 nitrogen and oxygen atoms in total. The summed E-state index contributed by atoms with van der Waals surface area (Å²) in [5.74, 6) is 0.192. The number of nitrogens with one attached hydrogen (secondary N) is 1. The van der Waals surface area contributed by atoms with Crippen LogP contribution in [0.2, 0.25) is 0 Å². The molecule has 0 radical (unpaired) electrons. The van der Waals surface area contributed by atoms with Crippen LogP contribution in [0.25, 0.3) is 0 Å². The predicted octanol–water partition coefficient (Wildman–Crippen LogP) is 1.24. The van der Waals surface area contributed by atoms with Gasteiger partial charge in [-0.05, 0) is 0 Å². The van der Waals surface area contributed by atoms with Gasteiger partial charge in [0, 0.05) is 18.5 Å². The van der Waals surface area contributed by atoms with Gasteiger partial charge >= 0.3 is 0 Å². The molecule has 0 aliphatic carbocycles. The Bertz CT molecular complexity index is 181. The van der Waals surface area contributed by atoms with Crippen molar-refractivity contribution in [3.05, 3.63) is 0 Å². The Balaban J connectivity index is 3.13. The molecule has 0 unspecified atom stereocenters. The van der Waals surface area contributed by atoms with E-state index in [2.05, 4.69) is 19.2 Å². The first-order chi connectivity index (χ1) is 7.54. The van der Waals surface area contributed by atoms with Gasteiger partial charge in [-0.1, -0.05) is 27.7 Å². The van der Waals surface area contributed by atoms with Crippen LogP contribution in [-0.4, -0.2) is 44.8 Å². The maximum atomic E-state index is 11.2. The molecule has 0 rings (SSSR count). The topological polar surface area (TPSA) is 47.6 Å². The summed E-state index contributed by atoms with van der Waals surface area (Å²) in [4.78, 5) is 11.2. The van der Waals surface area contributed by atoms with E-state index in [4.69, 9.17) is 9.47 Å². The van der Waals surface area contributed by atoms with Crippen molar-refractivity contribution in [3.63, 3.8) is 0 Å². The highest BCUT2D eigenvalue weighted by Gasteiger charge is 2.06. The Morgan fingerprint density at radius 2 is 1.69 bits per heavy atom. The van der Waals surface area contributed by atoms with E-state index in [0.717, 1.165) is 6.54 Å². The fourth-order valence-corrected chi connectivity index (χ4v) is 0.979. The van der Waals surface area contributed by atoms with Gasteiger partial charge in [-0.2, -0.15) is 0 Å². The molecule has 16 heavy (non-hydrogen) atoms. The van der Waals surface area contributed by atoms with Crippen LogP contribution in [0.15, 0.2) is 0 Å². The molecule has 0 atom stereocenters. The lowest BCUT2D eigenvalue weighted by atomic mass is 10.1. The quantitative estimate of drug-likeness (QED) is 0.575. The SMILES string of the molecule is CC(C)NCCOCCOCC(=O)C(C)C. The molecule has 0 heterocycles. The zero-order valence-corrected chi connectivity index (χ0v) is 10.9. The van der Waals surface area contributed by atoms with Gasteiger partial charge < -0.3 is 14.8 Å². The van der Waals surface area contributed by atoms with E-state index < -0.39 is 0 Å². The second kappa shape index (κ2) is 9.75. The fraction of sp³-hybridized carbons (Fsp3) is 0.917. The fourth-order valence-electron chi connectivity index (χ4n) is 0.979. The molecule has 0 fully saturated rings. The third kappa shape index (κ3) is 10.1. The molecule has 1 N–H and O–H groups in total. The summed E-state index contributed by atoms with van der Waals surface area (Å²) in [6.07, 6.45) is 0. The van der Waals surface area contributed by atoms with Crippen LogP contribution in [0.1, 0.15) is 27.7 Å². The van der Waals surface area contributed by atoms with E-state index >= 15 is 0 Å². The Labute approximate surface area is 98.7 Å². The minimum absolute atomic E-state index is 0.0520. The van der Waals surface area contributed by atoms with Gasteiger partial charge in [0.1, 0.15) is 6.61 Å². The Morgan fingerprint density at radius 3 is 2.25 bits per heavy atom. The summed E-state index contributed by atoms with van der Waals surface area (Å²) in [5, 5.41) is 3.25. The summed E-state index contributed by atoms with van der Waals surface area (Å²) in [7, 11) is 0. The van der Waals surface area contributed by atoms with Crippen molar-refractivity contribution in [1.82, 2.24) is 5.32 Å². The molecule has 4 heteroatoms. The molecule has 0 saturated carbocycles. The first-order valence-electron chi connectivity index (χ1n) is 5.95. The first kappa shape index (κ1) is 15.6. The van der Waals surface area contributed by atoms with Crippen molar-refractivity contribution < 1.29 is 14.3 Å². The standard InChI is InChI=1S/C12H25NO3/c1-10(2)12(14)9-16-8-7-15-6-5-13-11(3)4/h10-11,13H,5-9H2,1-4H3. The molecule has 0 aromatic rings. The van der Waals surface area contributed by atoms with E-state index in [1.165, 1.54) is 0 Å². The van der Waals surface area contributed by atoms with Crippen molar-refractivity contribution in [3.8, 4) is 0 Å². The lowest BCUT2D eigenvalue weighted by Crippen LogP contribution is -2.27. The second-order valence-electron chi connectivity index (χ2n) is 4.39. The average molecular weight is 231 g/mol. The lowest BCUT2D eigenvalue weighted by molar-refractivity contribution is -0.127. The molecule has 0 aromatic carbocycles. The van der Waals surface area contributed by atoms with Crippen LogP contribution >= 0.6 is 0 Å². The minimum Gasteiger partial charge on any atom is -0.378 e. The maximum Gasteiger partial charge on any atom is 0.160 e. The number of carbonyl (C=O) groups is 1. The van der Waals surface area contributed by atoms with Crippen LogP contribution < -0.4 is 5.32 Å². The molecule has 0 aromatic heterocycles. The molecule has 96 valence electrons. The average Bonchev–Trinajstić information content (AvgIpc) is 2.21. The molecular weight excluding hydrogens is 206 g/mol. The van der Waals surface area contributed by atoms with Crippen molar-refractivity contribution in [2.75, 3.05) is 33.0 Å². The van der Waals surface area contributed by atoms with Gasteiger partial charge in [0.25, 0.3) is 0 Å². The van der Waals surface area contributed by atoms with Gasteiger partial charge in [-0.15, -0.1) is 0 Å². The summed E-state index contributed by atoms with van der Waals surface area (Å²) < 4.78 is 10.5. The van der Waals surface area contributed by atoms with Crippen LogP contribution in [0.3, 0.4) is 0 Å². The number of ketones is 1. The highest BCUT2D eigenvalue weighted by Crippen LogP contribution is 1.94. The molecule has 0 amide bonds. The zero-order chi connectivity index (χ0) is 12.4. The first-order valence-corrected chi connectivity index (χ1v) is 5.95. The van der Waals surface area contributed by atoms with Gasteiger partial charge in [-0.25, -0.2) is 0 Å². The van der Waals surface area contributed by atoms with Gasteiger partial charge in [0.15, 0.2) is 5.78 Å². The number of carbonyl (C=O) groups excluding carboxylic acids is 1. The van der Waals surface area contributed by atoms with E-state index in [1.54, 1.807) is 0 Å². The lowest BCUT2D eigenvalue weighted by Gasteiger charge is -2.09. The van der Waals surface area contributed by atoms with Gasteiger partial charge in [0.05, 0.1) is 19.8 Å². The Hall–Kier alpha value is -0.450. The zero-order valence-electron chi connectivity index (χ0n) is 10.9. The molecular formula is C12H25NO3. The molecule has 0 aliphatic heterocycles. The molecule has 0 bridgehead atoms. The smallest absolute Gasteiger partial charge is 0.160 e. The van der Waals surface area contributed by atoms with Crippen molar-refractivity contribution in [1.29, 1.82) is 0 Å². The van der Waals surface area contributed by atoms with Crippen LogP contribution in [0, 0.1) is 5.92 Å². The number of Topliss-reactive ketones (excluding diaryl/α,β-unsaturated/α-hetero) is 1. The van der Waals surface area contributed by atoms with Crippen LogP contribution in [-0.2, 0) is 14.3 Å². The summed E-state index contributed by atoms with van der Waals surface area (Å²) in [5.41, 5.74) is 0. The molecule has 0 spiro atoms. The summed E-state index contributed by atoms with van der Waals surface area (Å²) in [6, 6.07) is 0.489. The Morgan fingerprint density at radius 1 is 1.06 bits per heavy atom. The van der Waals surface area contributed by atoms with Crippen molar-refractivity contribution in [2.24, 2.45) is 5.92 Å². The summed E-state index contributed by atoms with van der Waals surface area (Å²) in [6.45, 7) is 10.7. The van der Waals surface area contributed by atoms with Crippen LogP contribution in [0.5, 0.6) is 0 Å². The number of hydrogen-bond donors (Lipinski definition) is 1. The summed E-state index contributed by atoms with van der Waals surface area (Å²) >= 11 is 0. The van der Waals surface area contributed by atoms with Gasteiger partial charge in [-0.3, -0.25) is 4.79 Å². The third-order valence-corrected chi connectivity index (χ3v) is 2.06. The van der Waals surface area contributed by atoms with E-state index in [-0.39, 0.29) is 18.3 Å². The van der Waals surface area contributed by atoms with Crippen molar-refractivity contribution in [2.45, 2.75) is 33.7 Å². The monoisotopic (exact) mass is 231 g/mol. The largest absolute Gasteiger partial charge is 0.378 e. The third-order valence-electron chi connectivity index (χ3n) is 2.06. The van der Waals surface area contributed by atoms with Crippen LogP contribution in [0.4, 0.5) is 0 Å². The molecule has 0 saturated heterocycles. The minimum atomic E-state index is 0.0520. The highest BCUT2D eigenvalue weighted by molar-refractivity contribution is 5.81. The second-order valence-corrected chi connectivity index (χ2v) is 4.39. The normalized spacial score (nSPS) is 11.4. The van der Waals surface area contributed by atoms with E-state index in [9.17, 15) is 4.79 Å². The number of rotatable bonds is 10. The highest BCUT2D eigenvalue weighted by atomic mass is 16.5.